The highest BCUT2D eigenvalue weighted by Gasteiger charge is 2.43. The summed E-state index contributed by atoms with van der Waals surface area (Å²) in [6.07, 6.45) is -2.73. The number of carbonyl (C=O) groups excluding carboxylic acids is 1. The fraction of sp³-hybridized carbons (Fsp3) is 0.312. The number of aliphatic hydroxyl groups excluding tert-OH is 1. The van der Waals surface area contributed by atoms with E-state index in [9.17, 15) is 47.0 Å². The Bertz CT molecular complexity index is 1790. The molecule has 1 aromatic carbocycles. The summed E-state index contributed by atoms with van der Waals surface area (Å²) in [5, 5.41) is 12.6. The Morgan fingerprint density at radius 3 is 1.76 bits per heavy atom. The van der Waals surface area contributed by atoms with Crippen LogP contribution in [0.5, 0.6) is 0 Å². The van der Waals surface area contributed by atoms with E-state index >= 15 is 0 Å². The highest BCUT2D eigenvalue weighted by Crippen LogP contribution is 2.66. The first-order valence-corrected chi connectivity index (χ1v) is 21.1. The van der Waals surface area contributed by atoms with E-state index in [0.717, 1.165) is 4.57 Å². The maximum Gasteiger partial charge on any atom is 0.490 e. The maximum absolute atomic E-state index is 12.4. The van der Waals surface area contributed by atoms with E-state index < -0.39 is 83.6 Å². The van der Waals surface area contributed by atoms with Crippen LogP contribution in [0, 0.1) is 0 Å². The third kappa shape index (κ3) is 16.9. The van der Waals surface area contributed by atoms with Gasteiger partial charge in [0.05, 0.1) is 12.7 Å². The summed E-state index contributed by atoms with van der Waals surface area (Å²) in [7, 11) is -32.8. The summed E-state index contributed by atoms with van der Waals surface area (Å²) in [5.74, 6) is -0.549. The van der Waals surface area contributed by atoms with E-state index in [1.807, 2.05) is 0 Å². The number of nitrogens with zero attached hydrogens (tertiary/aromatic N) is 2. The molecule has 0 bridgehead atoms. The molecule has 1 amide bonds. The van der Waals surface area contributed by atoms with Crippen molar-refractivity contribution < 1.29 is 108 Å². The zero-order chi connectivity index (χ0) is 37.6. The molecule has 0 spiro atoms. The number of amides is 1. The molecule has 1 saturated heterocycles. The molecule has 2 heterocycles. The third-order valence-electron chi connectivity index (χ3n) is 4.86. The van der Waals surface area contributed by atoms with Gasteiger partial charge in [0, 0.05) is 18.2 Å². The first kappa shape index (κ1) is 43.5. The number of hydrogen-bond acceptors (Lipinski definition) is 16. The largest absolute Gasteiger partial charge is 0.490 e. The average molecular weight is 829 g/mol. The minimum atomic E-state index is -5.70. The van der Waals surface area contributed by atoms with E-state index in [-0.39, 0.29) is 12.2 Å². The first-order valence-electron chi connectivity index (χ1n) is 12.0. The topological polar surface area (TPSA) is 424 Å². The number of aliphatic hydroxyl groups is 1. The summed E-state index contributed by atoms with van der Waals surface area (Å²) in [6, 6.07) is 9.47. The molecule has 1 aliphatic rings. The zero-order valence-electron chi connectivity index (χ0n) is 23.5. The van der Waals surface area contributed by atoms with Crippen molar-refractivity contribution in [3.05, 3.63) is 58.6 Å². The van der Waals surface area contributed by atoms with Crippen molar-refractivity contribution in [2.45, 2.75) is 24.9 Å². The molecule has 0 saturated carbocycles. The lowest BCUT2D eigenvalue weighted by atomic mass is 10.2. The number of phosphoric acid groups is 6. The first-order chi connectivity index (χ1) is 22.1. The Morgan fingerprint density at radius 2 is 1.29 bits per heavy atom. The minimum absolute atomic E-state index is 0.0483. The lowest BCUT2D eigenvalue weighted by Crippen LogP contribution is -2.29. The predicted molar refractivity (Wildman–Crippen MR) is 153 cm³/mol. The second-order valence-corrected chi connectivity index (χ2v) is 17.4. The van der Waals surface area contributed by atoms with Crippen molar-refractivity contribution in [2.24, 2.45) is 0 Å². The number of aromatic nitrogens is 2. The molecule has 1 fully saturated rings. The minimum Gasteiger partial charge on any atom is -0.390 e. The average Bonchev–Trinajstić information content (AvgIpc) is 3.23. The van der Waals surface area contributed by atoms with Crippen molar-refractivity contribution in [2.75, 3.05) is 11.9 Å². The molecule has 0 aliphatic carbocycles. The van der Waals surface area contributed by atoms with Crippen LogP contribution in [0.4, 0.5) is 5.82 Å². The molecule has 33 heteroatoms. The molecule has 5 atom stereocenters. The SMILES string of the molecule is O=C(Nc1ccn([C@H]2C[C@H](O)[C@@H](COP(=O)(O)OP(=O)(O)OP(=O)(O)O)O2)c(=O)n1)c1ccccc1.O=P(O)(O)OP(=O)(O)OP(=O)(O)O. The molecule has 2 aromatic rings. The fourth-order valence-corrected chi connectivity index (χ4v) is 8.84. The summed E-state index contributed by atoms with van der Waals surface area (Å²) in [5.41, 5.74) is -0.517. The molecule has 27 nitrogen and oxygen atoms in total. The standard InChI is InChI=1S/C16H20N3O14P3.H5O10P3/c20-11-8-14(31-12(11)9-30-35(26,27)33-36(28,29)32-34(23,24)25)19-7-6-13(18-16(19)22)17-15(21)10-4-2-1-3-5-10;1-11(2,3)9-13(7,8)10-12(4,5)6/h1-7,11-12,14,20H,8-9H2,(H,26,27)(H,28,29)(H2,23,24,25)(H,17,18,21,22);(H,7,8)(H2,1,2,3)(H2,4,5,6)/t11-,12+,14+;/m0./s1. The molecular formula is C16H25N3O24P6. The van der Waals surface area contributed by atoms with Gasteiger partial charge in [-0.05, 0) is 18.2 Å². The summed E-state index contributed by atoms with van der Waals surface area (Å²) in [4.78, 5) is 104. The van der Waals surface area contributed by atoms with Crippen LogP contribution in [-0.4, -0.2) is 83.4 Å². The third-order valence-corrected chi connectivity index (χ3v) is 12.0. The lowest BCUT2D eigenvalue weighted by Gasteiger charge is -2.19. The monoisotopic (exact) mass is 829 g/mol. The lowest BCUT2D eigenvalue weighted by molar-refractivity contribution is -0.0449. The molecule has 1 aromatic heterocycles. The Labute approximate surface area is 271 Å². The van der Waals surface area contributed by atoms with E-state index in [1.54, 1.807) is 30.3 Å². The van der Waals surface area contributed by atoms with Crippen LogP contribution in [0.15, 0.2) is 47.4 Å². The molecule has 49 heavy (non-hydrogen) atoms. The summed E-state index contributed by atoms with van der Waals surface area (Å²) in [6.45, 7) is -0.894. The summed E-state index contributed by atoms with van der Waals surface area (Å²) < 4.78 is 88.2. The number of hydrogen-bond donors (Lipinski definition) is 11. The normalized spacial score (nSPS) is 21.1. The molecule has 11 N–H and O–H groups in total. The van der Waals surface area contributed by atoms with Crippen LogP contribution in [0.3, 0.4) is 0 Å². The second-order valence-electron chi connectivity index (χ2n) is 8.75. The molecule has 3 rings (SSSR count). The molecule has 278 valence electrons. The van der Waals surface area contributed by atoms with Crippen LogP contribution >= 0.6 is 46.9 Å². The number of anilines is 1. The Kier molecular flexibility index (Phi) is 14.9. The number of carbonyl (C=O) groups is 1. The highest BCUT2D eigenvalue weighted by molar-refractivity contribution is 7.67. The van der Waals surface area contributed by atoms with Crippen LogP contribution in [0.2, 0.25) is 0 Å². The van der Waals surface area contributed by atoms with E-state index in [0.29, 0.717) is 5.56 Å². The number of nitrogens with one attached hydrogen (secondary N) is 1. The van der Waals surface area contributed by atoms with Gasteiger partial charge in [0.25, 0.3) is 5.91 Å². The number of rotatable bonds is 14. The summed E-state index contributed by atoms with van der Waals surface area (Å²) >= 11 is 0. The molecule has 1 aliphatic heterocycles. The number of ether oxygens (including phenoxy) is 1. The van der Waals surface area contributed by atoms with Crippen molar-refractivity contribution in [3.8, 4) is 0 Å². The van der Waals surface area contributed by atoms with Gasteiger partial charge < -0.3 is 59.2 Å². The Morgan fingerprint density at radius 1 is 0.796 bits per heavy atom. The van der Waals surface area contributed by atoms with Gasteiger partial charge in [0.15, 0.2) is 0 Å². The van der Waals surface area contributed by atoms with Crippen molar-refractivity contribution >= 4 is 58.7 Å². The fourth-order valence-electron chi connectivity index (χ4n) is 3.27. The van der Waals surface area contributed by atoms with E-state index in [4.69, 9.17) is 43.9 Å². The van der Waals surface area contributed by atoms with Gasteiger partial charge >= 0.3 is 52.6 Å². The number of benzene rings is 1. The Hall–Kier alpha value is -1.69. The maximum atomic E-state index is 12.4. The Balaban J connectivity index is 0.000000543. The quantitative estimate of drug-likeness (QED) is 0.110. The molecule has 0 radical (unpaired) electrons. The zero-order valence-corrected chi connectivity index (χ0v) is 28.8. The van der Waals surface area contributed by atoms with E-state index in [1.165, 1.54) is 12.3 Å². The van der Waals surface area contributed by atoms with E-state index in [2.05, 4.69) is 32.1 Å². The van der Waals surface area contributed by atoms with Crippen LogP contribution in [-0.2, 0) is 53.9 Å². The van der Waals surface area contributed by atoms with Crippen LogP contribution < -0.4 is 11.0 Å². The van der Waals surface area contributed by atoms with Gasteiger partial charge in [0.1, 0.15) is 18.1 Å². The van der Waals surface area contributed by atoms with Crippen molar-refractivity contribution in [1.29, 1.82) is 0 Å². The van der Waals surface area contributed by atoms with Gasteiger partial charge in [-0.2, -0.15) is 22.2 Å². The van der Waals surface area contributed by atoms with Gasteiger partial charge in [-0.3, -0.25) is 13.9 Å². The smallest absolute Gasteiger partial charge is 0.390 e. The van der Waals surface area contributed by atoms with Gasteiger partial charge in [-0.25, -0.2) is 32.2 Å². The van der Waals surface area contributed by atoms with Gasteiger partial charge in [-0.1, -0.05) is 18.2 Å². The number of phosphoric ester groups is 1. The van der Waals surface area contributed by atoms with Gasteiger partial charge in [-0.15, -0.1) is 0 Å². The van der Waals surface area contributed by atoms with Crippen LogP contribution in [0.1, 0.15) is 23.0 Å². The van der Waals surface area contributed by atoms with Crippen molar-refractivity contribution in [3.63, 3.8) is 0 Å². The highest BCUT2D eigenvalue weighted by atomic mass is 31.3. The molecule has 2 unspecified atom stereocenters. The van der Waals surface area contributed by atoms with Crippen molar-refractivity contribution in [1.82, 2.24) is 9.55 Å². The predicted octanol–water partition coefficient (Wildman–Crippen LogP) is -0.207. The van der Waals surface area contributed by atoms with Gasteiger partial charge in [0.2, 0.25) is 0 Å². The van der Waals surface area contributed by atoms with Crippen LogP contribution in [0.25, 0.3) is 0 Å². The molecular weight excluding hydrogens is 804 g/mol. The second kappa shape index (κ2) is 16.8.